The average Bonchev–Trinajstić information content (AvgIpc) is 2.35. The van der Waals surface area contributed by atoms with Gasteiger partial charge in [0.2, 0.25) is 5.91 Å². The third-order valence-electron chi connectivity index (χ3n) is 2.59. The van der Waals surface area contributed by atoms with Crippen molar-refractivity contribution in [1.82, 2.24) is 10.6 Å². The van der Waals surface area contributed by atoms with Crippen molar-refractivity contribution in [3.05, 3.63) is 29.8 Å². The molecule has 0 aliphatic carbocycles. The highest BCUT2D eigenvalue weighted by Crippen LogP contribution is 2.10. The van der Waals surface area contributed by atoms with Crippen molar-refractivity contribution < 1.29 is 9.59 Å². The topological polar surface area (TPSA) is 70.2 Å². The number of benzene rings is 1. The third-order valence-corrected chi connectivity index (χ3v) is 2.59. The zero-order valence-corrected chi connectivity index (χ0v) is 13.4. The number of carbonyl (C=O) groups excluding carboxylic acids is 2. The fraction of sp³-hybridized carbons (Fsp3) is 0.500. The molecule has 1 aromatic carbocycles. The van der Waals surface area contributed by atoms with Crippen molar-refractivity contribution in [2.24, 2.45) is 0 Å². The minimum atomic E-state index is -0.271. The number of nitrogens with one attached hydrogen (secondary N) is 3. The first-order valence-corrected chi connectivity index (χ1v) is 7.13. The van der Waals surface area contributed by atoms with Gasteiger partial charge in [-0.25, -0.2) is 0 Å². The second-order valence-corrected chi connectivity index (χ2v) is 6.37. The number of carbonyl (C=O) groups is 2. The van der Waals surface area contributed by atoms with E-state index in [2.05, 4.69) is 16.0 Å². The Hall–Kier alpha value is -1.88. The van der Waals surface area contributed by atoms with Crippen LogP contribution in [0.5, 0.6) is 0 Å². The fourth-order valence-electron chi connectivity index (χ4n) is 1.62. The predicted molar refractivity (Wildman–Crippen MR) is 85.4 cm³/mol. The molecule has 0 aliphatic heterocycles. The highest BCUT2D eigenvalue weighted by molar-refractivity contribution is 5.96. The number of hydrogen-bond acceptors (Lipinski definition) is 3. The highest BCUT2D eigenvalue weighted by atomic mass is 16.2. The van der Waals surface area contributed by atoms with Crippen LogP contribution in [0, 0.1) is 0 Å². The molecule has 1 aromatic rings. The second kappa shape index (κ2) is 7.22. The van der Waals surface area contributed by atoms with Gasteiger partial charge in [0.15, 0.2) is 0 Å². The Morgan fingerprint density at radius 1 is 1.10 bits per heavy atom. The van der Waals surface area contributed by atoms with Gasteiger partial charge in [0.25, 0.3) is 5.91 Å². The van der Waals surface area contributed by atoms with Crippen LogP contribution in [0.1, 0.15) is 45.0 Å². The Balaban J connectivity index is 2.58. The van der Waals surface area contributed by atoms with Gasteiger partial charge < -0.3 is 16.0 Å². The Kier molecular flexibility index (Phi) is 5.90. The molecule has 116 valence electrons. The number of amides is 2. The molecule has 3 N–H and O–H groups in total. The summed E-state index contributed by atoms with van der Waals surface area (Å²) >= 11 is 0. The molecule has 1 rings (SSSR count). The van der Waals surface area contributed by atoms with E-state index >= 15 is 0 Å². The zero-order valence-electron chi connectivity index (χ0n) is 13.4. The molecule has 0 saturated heterocycles. The van der Waals surface area contributed by atoms with Gasteiger partial charge in [-0.05, 0) is 45.0 Å². The van der Waals surface area contributed by atoms with E-state index in [1.165, 1.54) is 0 Å². The summed E-state index contributed by atoms with van der Waals surface area (Å²) in [4.78, 5) is 23.6. The molecule has 0 aliphatic rings. The van der Waals surface area contributed by atoms with Crippen molar-refractivity contribution >= 4 is 17.5 Å². The van der Waals surface area contributed by atoms with Crippen molar-refractivity contribution in [2.75, 3.05) is 11.9 Å². The summed E-state index contributed by atoms with van der Waals surface area (Å²) in [7, 11) is 0. The Labute approximate surface area is 126 Å². The van der Waals surface area contributed by atoms with Gasteiger partial charge in [-0.15, -0.1) is 0 Å². The van der Waals surface area contributed by atoms with Crippen LogP contribution in [-0.2, 0) is 4.79 Å². The molecule has 0 bridgehead atoms. The molecule has 21 heavy (non-hydrogen) atoms. The molecule has 0 heterocycles. The number of hydrogen-bond donors (Lipinski definition) is 3. The molecular weight excluding hydrogens is 266 g/mol. The van der Waals surface area contributed by atoms with Gasteiger partial charge in [-0.2, -0.15) is 0 Å². The van der Waals surface area contributed by atoms with Crippen molar-refractivity contribution in [1.29, 1.82) is 0 Å². The third kappa shape index (κ3) is 6.90. The lowest BCUT2D eigenvalue weighted by Crippen LogP contribution is -2.40. The van der Waals surface area contributed by atoms with E-state index in [0.717, 1.165) is 0 Å². The molecular formula is C16H25N3O2. The van der Waals surface area contributed by atoms with Crippen molar-refractivity contribution in [3.63, 3.8) is 0 Å². The standard InChI is InChI=1S/C16H25N3O2/c1-11(2)17-10-14(20)18-13-8-6-12(7-9-13)15(21)19-16(3,4)5/h6-9,11,17H,10H2,1-5H3,(H,18,20)(H,19,21). The molecule has 0 fully saturated rings. The lowest BCUT2D eigenvalue weighted by atomic mass is 10.1. The number of anilines is 1. The van der Waals surface area contributed by atoms with Crippen LogP contribution in [0.3, 0.4) is 0 Å². The largest absolute Gasteiger partial charge is 0.347 e. The van der Waals surface area contributed by atoms with Gasteiger partial charge in [-0.1, -0.05) is 13.8 Å². The maximum atomic E-state index is 12.0. The maximum absolute atomic E-state index is 12.0. The van der Waals surface area contributed by atoms with Gasteiger partial charge in [-0.3, -0.25) is 9.59 Å². The first kappa shape index (κ1) is 17.2. The van der Waals surface area contributed by atoms with Crippen LogP contribution in [0.4, 0.5) is 5.69 Å². The van der Waals surface area contributed by atoms with Crippen LogP contribution in [0.15, 0.2) is 24.3 Å². The minimum absolute atomic E-state index is 0.101. The lowest BCUT2D eigenvalue weighted by Gasteiger charge is -2.20. The summed E-state index contributed by atoms with van der Waals surface area (Å²) in [5, 5.41) is 8.72. The van der Waals surface area contributed by atoms with E-state index < -0.39 is 0 Å². The summed E-state index contributed by atoms with van der Waals surface area (Å²) in [6, 6.07) is 7.12. The molecule has 5 nitrogen and oxygen atoms in total. The predicted octanol–water partition coefficient (Wildman–Crippen LogP) is 2.15. The van der Waals surface area contributed by atoms with Crippen LogP contribution < -0.4 is 16.0 Å². The highest BCUT2D eigenvalue weighted by Gasteiger charge is 2.15. The van der Waals surface area contributed by atoms with Gasteiger partial charge in [0.05, 0.1) is 6.54 Å². The Bertz CT molecular complexity index is 487. The van der Waals surface area contributed by atoms with Crippen LogP contribution in [-0.4, -0.2) is 29.9 Å². The van der Waals surface area contributed by atoms with E-state index in [9.17, 15) is 9.59 Å². The first-order valence-electron chi connectivity index (χ1n) is 7.13. The molecule has 0 spiro atoms. The van der Waals surface area contributed by atoms with E-state index in [4.69, 9.17) is 0 Å². The normalized spacial score (nSPS) is 11.3. The molecule has 0 aromatic heterocycles. The lowest BCUT2D eigenvalue weighted by molar-refractivity contribution is -0.115. The van der Waals surface area contributed by atoms with Gasteiger partial charge in [0, 0.05) is 22.8 Å². The maximum Gasteiger partial charge on any atom is 0.251 e. The van der Waals surface area contributed by atoms with E-state index in [0.29, 0.717) is 11.3 Å². The van der Waals surface area contributed by atoms with E-state index in [-0.39, 0.29) is 29.9 Å². The van der Waals surface area contributed by atoms with Crippen molar-refractivity contribution in [3.8, 4) is 0 Å². The first-order chi connectivity index (χ1) is 9.67. The van der Waals surface area contributed by atoms with Crippen molar-refractivity contribution in [2.45, 2.75) is 46.2 Å². The number of rotatable bonds is 5. The van der Waals surface area contributed by atoms with Gasteiger partial charge >= 0.3 is 0 Å². The van der Waals surface area contributed by atoms with Gasteiger partial charge in [0.1, 0.15) is 0 Å². The zero-order chi connectivity index (χ0) is 16.0. The monoisotopic (exact) mass is 291 g/mol. The smallest absolute Gasteiger partial charge is 0.251 e. The van der Waals surface area contributed by atoms with Crippen LogP contribution >= 0.6 is 0 Å². The molecule has 0 unspecified atom stereocenters. The summed E-state index contributed by atoms with van der Waals surface area (Å²) in [6.45, 7) is 10.0. The molecule has 5 heteroatoms. The summed E-state index contributed by atoms with van der Waals surface area (Å²) in [5.74, 6) is -0.225. The Morgan fingerprint density at radius 2 is 1.67 bits per heavy atom. The quantitative estimate of drug-likeness (QED) is 0.778. The minimum Gasteiger partial charge on any atom is -0.347 e. The molecule has 0 atom stereocenters. The molecule has 2 amide bonds. The summed E-state index contributed by atoms with van der Waals surface area (Å²) < 4.78 is 0. The van der Waals surface area contributed by atoms with E-state index in [1.807, 2.05) is 34.6 Å². The fourth-order valence-corrected chi connectivity index (χ4v) is 1.62. The molecule has 0 saturated carbocycles. The average molecular weight is 291 g/mol. The van der Waals surface area contributed by atoms with Crippen LogP contribution in [0.25, 0.3) is 0 Å². The van der Waals surface area contributed by atoms with E-state index in [1.54, 1.807) is 24.3 Å². The second-order valence-electron chi connectivity index (χ2n) is 6.37. The molecule has 0 radical (unpaired) electrons. The van der Waals surface area contributed by atoms with Crippen LogP contribution in [0.2, 0.25) is 0 Å². The SMILES string of the molecule is CC(C)NCC(=O)Nc1ccc(C(=O)NC(C)(C)C)cc1. The Morgan fingerprint density at radius 3 is 2.14 bits per heavy atom. The summed E-state index contributed by atoms with van der Waals surface area (Å²) in [6.07, 6.45) is 0. The summed E-state index contributed by atoms with van der Waals surface area (Å²) in [5.41, 5.74) is 0.980.